The molecule has 0 aromatic heterocycles. The van der Waals surface area contributed by atoms with Gasteiger partial charge in [0.2, 0.25) is 0 Å². The van der Waals surface area contributed by atoms with Gasteiger partial charge in [-0.25, -0.2) is 0 Å². The number of ether oxygens (including phenoxy) is 1. The van der Waals surface area contributed by atoms with E-state index in [0.29, 0.717) is 6.04 Å². The van der Waals surface area contributed by atoms with Crippen molar-refractivity contribution in [2.24, 2.45) is 0 Å². The Morgan fingerprint density at radius 2 is 2.25 bits per heavy atom. The van der Waals surface area contributed by atoms with Crippen LogP contribution in [0, 0.1) is 0 Å². The Bertz CT molecular complexity index is 126. The number of likely N-dealkylation sites (N-methyl/N-ethyl adjacent to an activating group) is 1. The van der Waals surface area contributed by atoms with Crippen LogP contribution in [0.4, 0.5) is 0 Å². The quantitative estimate of drug-likeness (QED) is 0.646. The molecule has 1 unspecified atom stereocenters. The highest BCUT2D eigenvalue weighted by atomic mass is 16.5. The monoisotopic (exact) mass is 172 g/mol. The highest BCUT2D eigenvalue weighted by molar-refractivity contribution is 4.85. The van der Waals surface area contributed by atoms with Gasteiger partial charge in [0, 0.05) is 32.3 Å². The lowest BCUT2D eigenvalue weighted by Gasteiger charge is -2.40. The minimum Gasteiger partial charge on any atom is -0.383 e. The Morgan fingerprint density at radius 3 is 2.58 bits per heavy atom. The molecule has 0 amide bonds. The first-order chi connectivity index (χ1) is 5.79. The largest absolute Gasteiger partial charge is 0.383 e. The molecule has 1 N–H and O–H groups in total. The van der Waals surface area contributed by atoms with Crippen molar-refractivity contribution < 1.29 is 4.74 Å². The maximum atomic E-state index is 5.17. The van der Waals surface area contributed by atoms with Gasteiger partial charge in [0.1, 0.15) is 0 Å². The van der Waals surface area contributed by atoms with Gasteiger partial charge >= 0.3 is 0 Å². The van der Waals surface area contributed by atoms with E-state index in [9.17, 15) is 0 Å². The average molecular weight is 172 g/mol. The molecule has 72 valence electrons. The Morgan fingerprint density at radius 1 is 1.58 bits per heavy atom. The van der Waals surface area contributed by atoms with E-state index in [1.165, 1.54) is 6.42 Å². The van der Waals surface area contributed by atoms with E-state index in [1.807, 2.05) is 0 Å². The summed E-state index contributed by atoms with van der Waals surface area (Å²) in [6.45, 7) is 5.34. The SMILES string of the molecule is CCC(COC)N(C)C1CNC1. The van der Waals surface area contributed by atoms with E-state index in [-0.39, 0.29) is 0 Å². The van der Waals surface area contributed by atoms with Crippen LogP contribution in [-0.2, 0) is 4.74 Å². The first kappa shape index (κ1) is 9.96. The first-order valence-electron chi connectivity index (χ1n) is 4.71. The summed E-state index contributed by atoms with van der Waals surface area (Å²) in [6.07, 6.45) is 1.17. The number of methoxy groups -OCH3 is 1. The number of nitrogens with zero attached hydrogens (tertiary/aromatic N) is 1. The van der Waals surface area contributed by atoms with Gasteiger partial charge < -0.3 is 10.1 Å². The van der Waals surface area contributed by atoms with Crippen LogP contribution in [0.1, 0.15) is 13.3 Å². The second kappa shape index (κ2) is 4.80. The third-order valence-electron chi connectivity index (χ3n) is 2.74. The number of hydrogen-bond donors (Lipinski definition) is 1. The van der Waals surface area contributed by atoms with Gasteiger partial charge in [0.05, 0.1) is 6.61 Å². The topological polar surface area (TPSA) is 24.5 Å². The fourth-order valence-corrected chi connectivity index (χ4v) is 1.58. The smallest absolute Gasteiger partial charge is 0.0617 e. The van der Waals surface area contributed by atoms with Crippen LogP contribution in [0.2, 0.25) is 0 Å². The molecule has 0 radical (unpaired) electrons. The van der Waals surface area contributed by atoms with Crippen LogP contribution >= 0.6 is 0 Å². The molecule has 3 nitrogen and oxygen atoms in total. The molecule has 12 heavy (non-hydrogen) atoms. The summed E-state index contributed by atoms with van der Waals surface area (Å²) in [7, 11) is 3.97. The van der Waals surface area contributed by atoms with Gasteiger partial charge in [-0.15, -0.1) is 0 Å². The molecule has 0 aromatic rings. The van der Waals surface area contributed by atoms with Crippen LogP contribution in [-0.4, -0.2) is 50.8 Å². The van der Waals surface area contributed by atoms with Crippen LogP contribution in [0.3, 0.4) is 0 Å². The lowest BCUT2D eigenvalue weighted by atomic mass is 10.1. The van der Waals surface area contributed by atoms with E-state index in [1.54, 1.807) is 7.11 Å². The minimum absolute atomic E-state index is 0.585. The van der Waals surface area contributed by atoms with Crippen LogP contribution in [0.5, 0.6) is 0 Å². The van der Waals surface area contributed by atoms with E-state index in [0.717, 1.165) is 25.7 Å². The molecule has 0 bridgehead atoms. The zero-order valence-electron chi connectivity index (χ0n) is 8.34. The summed E-state index contributed by atoms with van der Waals surface area (Å²) in [4.78, 5) is 2.43. The predicted molar refractivity (Wildman–Crippen MR) is 50.4 cm³/mol. The third kappa shape index (κ3) is 2.19. The summed E-state index contributed by atoms with van der Waals surface area (Å²) >= 11 is 0. The molecular weight excluding hydrogens is 152 g/mol. The zero-order valence-corrected chi connectivity index (χ0v) is 8.34. The zero-order chi connectivity index (χ0) is 8.97. The van der Waals surface area contributed by atoms with Crippen molar-refractivity contribution >= 4 is 0 Å². The Labute approximate surface area is 75.1 Å². The van der Waals surface area contributed by atoms with Crippen molar-refractivity contribution in [3.05, 3.63) is 0 Å². The average Bonchev–Trinajstić information content (AvgIpc) is 1.96. The van der Waals surface area contributed by atoms with Crippen molar-refractivity contribution in [3.63, 3.8) is 0 Å². The molecule has 1 fully saturated rings. The fraction of sp³-hybridized carbons (Fsp3) is 1.00. The maximum Gasteiger partial charge on any atom is 0.0617 e. The normalized spacial score (nSPS) is 21.0. The van der Waals surface area contributed by atoms with E-state index < -0.39 is 0 Å². The molecule has 0 saturated carbocycles. The molecule has 1 saturated heterocycles. The van der Waals surface area contributed by atoms with Crippen molar-refractivity contribution in [2.45, 2.75) is 25.4 Å². The highest BCUT2D eigenvalue weighted by Crippen LogP contribution is 2.09. The van der Waals surface area contributed by atoms with Gasteiger partial charge in [-0.05, 0) is 13.5 Å². The Kier molecular flexibility index (Phi) is 3.98. The molecule has 0 spiro atoms. The van der Waals surface area contributed by atoms with Crippen molar-refractivity contribution in [3.8, 4) is 0 Å². The maximum absolute atomic E-state index is 5.17. The standard InChI is InChI=1S/C9H20N2O/c1-4-8(7-12-3)11(2)9-5-10-6-9/h8-10H,4-7H2,1-3H3. The lowest BCUT2D eigenvalue weighted by Crippen LogP contribution is -2.59. The van der Waals surface area contributed by atoms with Gasteiger partial charge in [-0.1, -0.05) is 6.92 Å². The lowest BCUT2D eigenvalue weighted by molar-refractivity contribution is 0.0598. The number of hydrogen-bond acceptors (Lipinski definition) is 3. The number of rotatable bonds is 5. The van der Waals surface area contributed by atoms with E-state index >= 15 is 0 Å². The molecule has 1 aliphatic rings. The van der Waals surface area contributed by atoms with Gasteiger partial charge in [-0.3, -0.25) is 4.90 Å². The summed E-state index contributed by atoms with van der Waals surface area (Å²) in [5.74, 6) is 0. The van der Waals surface area contributed by atoms with Crippen LogP contribution in [0.15, 0.2) is 0 Å². The first-order valence-corrected chi connectivity index (χ1v) is 4.71. The third-order valence-corrected chi connectivity index (χ3v) is 2.74. The summed E-state index contributed by atoms with van der Waals surface area (Å²) in [5, 5.41) is 3.28. The number of nitrogens with one attached hydrogen (secondary N) is 1. The molecular formula is C9H20N2O. The summed E-state index contributed by atoms with van der Waals surface area (Å²) in [5.41, 5.74) is 0. The van der Waals surface area contributed by atoms with Crippen LogP contribution in [0.25, 0.3) is 0 Å². The Hall–Kier alpha value is -0.120. The van der Waals surface area contributed by atoms with E-state index in [4.69, 9.17) is 4.74 Å². The van der Waals surface area contributed by atoms with E-state index in [2.05, 4.69) is 24.2 Å². The summed E-state index contributed by atoms with van der Waals surface area (Å²) < 4.78 is 5.17. The molecule has 0 aromatic carbocycles. The Balaban J connectivity index is 2.29. The molecule has 3 heteroatoms. The van der Waals surface area contributed by atoms with Crippen molar-refractivity contribution in [1.29, 1.82) is 0 Å². The molecule has 0 aliphatic carbocycles. The van der Waals surface area contributed by atoms with Crippen LogP contribution < -0.4 is 5.32 Å². The molecule has 1 aliphatic heterocycles. The predicted octanol–water partition coefficient (Wildman–Crippen LogP) is 0.315. The summed E-state index contributed by atoms with van der Waals surface area (Å²) in [6, 6.07) is 1.31. The van der Waals surface area contributed by atoms with Gasteiger partial charge in [-0.2, -0.15) is 0 Å². The molecule has 1 heterocycles. The molecule has 1 rings (SSSR count). The molecule has 1 atom stereocenters. The van der Waals surface area contributed by atoms with Crippen molar-refractivity contribution in [2.75, 3.05) is 33.9 Å². The highest BCUT2D eigenvalue weighted by Gasteiger charge is 2.25. The van der Waals surface area contributed by atoms with Gasteiger partial charge in [0.25, 0.3) is 0 Å². The van der Waals surface area contributed by atoms with Crippen molar-refractivity contribution in [1.82, 2.24) is 10.2 Å². The second-order valence-electron chi connectivity index (χ2n) is 3.49. The fourth-order valence-electron chi connectivity index (χ4n) is 1.58. The minimum atomic E-state index is 0.585. The second-order valence-corrected chi connectivity index (χ2v) is 3.49. The van der Waals surface area contributed by atoms with Gasteiger partial charge in [0.15, 0.2) is 0 Å².